The molecule has 0 spiro atoms. The summed E-state index contributed by atoms with van der Waals surface area (Å²) in [5.74, 6) is -2.29. The number of methoxy groups -OCH3 is 1. The quantitative estimate of drug-likeness (QED) is 0.336. The number of hydrogen-bond acceptors (Lipinski definition) is 7. The van der Waals surface area contributed by atoms with Crippen LogP contribution in [-0.2, 0) is 25.7 Å². The maximum absolute atomic E-state index is 13.7. The van der Waals surface area contributed by atoms with E-state index in [1.165, 1.54) is 35.5 Å². The van der Waals surface area contributed by atoms with Gasteiger partial charge in [-0.05, 0) is 60.9 Å². The second-order valence-corrected chi connectivity index (χ2v) is 11.4. The van der Waals surface area contributed by atoms with Crippen molar-refractivity contribution in [1.82, 2.24) is 4.90 Å². The van der Waals surface area contributed by atoms with Crippen LogP contribution >= 0.6 is 11.3 Å². The van der Waals surface area contributed by atoms with E-state index in [2.05, 4.69) is 0 Å². The van der Waals surface area contributed by atoms with Gasteiger partial charge in [-0.15, -0.1) is 11.3 Å². The van der Waals surface area contributed by atoms with Gasteiger partial charge in [-0.3, -0.25) is 24.1 Å². The average Bonchev–Trinajstić information content (AvgIpc) is 3.53. The zero-order valence-corrected chi connectivity index (χ0v) is 22.4. The largest absolute Gasteiger partial charge is 0.504 e. The number of rotatable bonds is 5. The van der Waals surface area contributed by atoms with Crippen LogP contribution in [0.1, 0.15) is 30.2 Å². The van der Waals surface area contributed by atoms with Gasteiger partial charge in [0.15, 0.2) is 23.1 Å². The Labute approximate surface area is 229 Å². The second-order valence-electron chi connectivity index (χ2n) is 10.4. The Morgan fingerprint density at radius 1 is 1.13 bits per heavy atom. The number of carbonyl (C=O) groups excluding carboxylic acids is 4. The van der Waals surface area contributed by atoms with E-state index < -0.39 is 17.8 Å². The summed E-state index contributed by atoms with van der Waals surface area (Å²) in [5.41, 5.74) is 2.94. The molecule has 1 aromatic heterocycles. The molecule has 2 amide bonds. The van der Waals surface area contributed by atoms with Crippen LogP contribution in [0.15, 0.2) is 76.2 Å². The van der Waals surface area contributed by atoms with Crippen molar-refractivity contribution in [2.75, 3.05) is 7.11 Å². The Hall–Kier alpha value is -4.04. The Kier molecular flexibility index (Phi) is 6.22. The minimum atomic E-state index is -0.564. The fourth-order valence-electron chi connectivity index (χ4n) is 6.42. The molecule has 198 valence electrons. The normalized spacial score (nSPS) is 26.5. The highest BCUT2D eigenvalue weighted by Gasteiger charge is 2.55. The molecule has 1 N–H and O–H groups in total. The lowest BCUT2D eigenvalue weighted by Crippen LogP contribution is -2.40. The van der Waals surface area contributed by atoms with Gasteiger partial charge in [0.2, 0.25) is 11.8 Å². The van der Waals surface area contributed by atoms with Crippen LogP contribution in [0, 0.1) is 23.7 Å². The minimum absolute atomic E-state index is 0.0174. The molecule has 2 aromatic rings. The fourth-order valence-corrected chi connectivity index (χ4v) is 7.12. The molecule has 0 saturated carbocycles. The van der Waals surface area contributed by atoms with Crippen molar-refractivity contribution in [3.8, 4) is 11.5 Å². The first-order chi connectivity index (χ1) is 18.8. The van der Waals surface area contributed by atoms with Gasteiger partial charge in [-0.1, -0.05) is 35.9 Å². The molecule has 0 unspecified atom stereocenters. The summed E-state index contributed by atoms with van der Waals surface area (Å²) in [6.07, 6.45) is 7.79. The highest BCUT2D eigenvalue weighted by atomic mass is 32.1. The van der Waals surface area contributed by atoms with E-state index in [0.717, 1.165) is 16.0 Å². The predicted octanol–water partition coefficient (Wildman–Crippen LogP) is 4.64. The topological polar surface area (TPSA) is 101 Å². The molecule has 4 aliphatic rings. The highest BCUT2D eigenvalue weighted by Crippen LogP contribution is 2.52. The Morgan fingerprint density at radius 3 is 2.69 bits per heavy atom. The molecule has 39 heavy (non-hydrogen) atoms. The van der Waals surface area contributed by atoms with E-state index >= 15 is 0 Å². The Balaban J connectivity index is 1.40. The van der Waals surface area contributed by atoms with Gasteiger partial charge in [0, 0.05) is 27.5 Å². The number of fused-ring (bicyclic) bond motifs is 3. The molecule has 7 nitrogen and oxygen atoms in total. The monoisotopic (exact) mass is 541 g/mol. The summed E-state index contributed by atoms with van der Waals surface area (Å²) < 4.78 is 5.23. The van der Waals surface area contributed by atoms with E-state index in [9.17, 15) is 24.3 Å². The summed E-state index contributed by atoms with van der Waals surface area (Å²) in [5, 5.41) is 11.9. The van der Waals surface area contributed by atoms with Crippen LogP contribution in [-0.4, -0.2) is 40.5 Å². The van der Waals surface area contributed by atoms with Crippen LogP contribution in [0.5, 0.6) is 11.5 Å². The third-order valence-corrected chi connectivity index (χ3v) is 9.14. The summed E-state index contributed by atoms with van der Waals surface area (Å²) in [6.45, 7) is 1.90. The van der Waals surface area contributed by atoms with Crippen molar-refractivity contribution >= 4 is 40.8 Å². The van der Waals surface area contributed by atoms with Crippen molar-refractivity contribution in [3.63, 3.8) is 0 Å². The number of thiophene rings is 1. The number of allylic oxidation sites excluding steroid dienone is 7. The van der Waals surface area contributed by atoms with Crippen molar-refractivity contribution in [1.29, 1.82) is 0 Å². The third-order valence-electron chi connectivity index (χ3n) is 8.28. The molecule has 1 fully saturated rings. The van der Waals surface area contributed by atoms with Gasteiger partial charge in [0.25, 0.3) is 0 Å². The SMILES string of the molecule is COc1cc(C=C[C@H]2C3=CC[C@@H]4C(=O)N(Cc5cccs5)C(=O)[C@@H]4[C@@H]3CC3=C2C(=O)C(C)=CC3=O)ccc1O. The first-order valence-corrected chi connectivity index (χ1v) is 13.8. The van der Waals surface area contributed by atoms with Gasteiger partial charge in [0.1, 0.15) is 0 Å². The van der Waals surface area contributed by atoms with Crippen LogP contribution in [0.25, 0.3) is 6.08 Å². The fraction of sp³-hybridized carbons (Fsp3) is 0.290. The van der Waals surface area contributed by atoms with Crippen molar-refractivity contribution in [3.05, 3.63) is 86.7 Å². The number of ketones is 2. The molecule has 0 radical (unpaired) electrons. The number of phenolic OH excluding ortho intramolecular Hbond substituents is 1. The number of imide groups is 1. The number of benzene rings is 1. The number of ether oxygens (including phenoxy) is 1. The van der Waals surface area contributed by atoms with Gasteiger partial charge >= 0.3 is 0 Å². The lowest BCUT2D eigenvalue weighted by atomic mass is 9.60. The van der Waals surface area contributed by atoms with Crippen LogP contribution < -0.4 is 4.74 Å². The van der Waals surface area contributed by atoms with Gasteiger partial charge in [0.05, 0.1) is 25.5 Å². The van der Waals surface area contributed by atoms with Gasteiger partial charge in [-0.2, -0.15) is 0 Å². The smallest absolute Gasteiger partial charge is 0.234 e. The summed E-state index contributed by atoms with van der Waals surface area (Å²) in [4.78, 5) is 56.0. The Morgan fingerprint density at radius 2 is 1.95 bits per heavy atom. The molecule has 6 rings (SSSR count). The van der Waals surface area contributed by atoms with Gasteiger partial charge < -0.3 is 9.84 Å². The number of carbonyl (C=O) groups is 4. The van der Waals surface area contributed by atoms with Crippen LogP contribution in [0.2, 0.25) is 0 Å². The van der Waals surface area contributed by atoms with E-state index in [1.54, 1.807) is 19.1 Å². The van der Waals surface area contributed by atoms with Crippen LogP contribution in [0.3, 0.4) is 0 Å². The molecule has 1 aliphatic heterocycles. The molecular formula is C31H27NO6S. The van der Waals surface area contributed by atoms with Gasteiger partial charge in [-0.25, -0.2) is 0 Å². The maximum Gasteiger partial charge on any atom is 0.234 e. The molecule has 2 heterocycles. The first kappa shape index (κ1) is 25.2. The number of nitrogens with zero attached hydrogens (tertiary/aromatic N) is 1. The van der Waals surface area contributed by atoms with E-state index in [1.807, 2.05) is 35.7 Å². The lowest BCUT2D eigenvalue weighted by molar-refractivity contribution is -0.140. The summed E-state index contributed by atoms with van der Waals surface area (Å²) >= 11 is 1.50. The minimum Gasteiger partial charge on any atom is -0.504 e. The maximum atomic E-state index is 13.7. The van der Waals surface area contributed by atoms with E-state index in [0.29, 0.717) is 28.9 Å². The second kappa shape index (κ2) is 9.61. The van der Waals surface area contributed by atoms with E-state index in [4.69, 9.17) is 4.74 Å². The van der Waals surface area contributed by atoms with Crippen LogP contribution in [0.4, 0.5) is 0 Å². The van der Waals surface area contributed by atoms with Crippen molar-refractivity contribution in [2.24, 2.45) is 23.7 Å². The Bertz CT molecular complexity index is 1540. The average molecular weight is 542 g/mol. The van der Waals surface area contributed by atoms with Crippen molar-refractivity contribution in [2.45, 2.75) is 26.3 Å². The predicted molar refractivity (Wildman–Crippen MR) is 146 cm³/mol. The molecular weight excluding hydrogens is 514 g/mol. The number of amides is 2. The lowest BCUT2D eigenvalue weighted by Gasteiger charge is -2.41. The molecule has 1 saturated heterocycles. The number of likely N-dealkylation sites (tertiary alicyclic amines) is 1. The summed E-state index contributed by atoms with van der Waals surface area (Å²) in [6, 6.07) is 8.76. The molecule has 1 aromatic carbocycles. The third kappa shape index (κ3) is 4.10. The van der Waals surface area contributed by atoms with Crippen molar-refractivity contribution < 1.29 is 29.0 Å². The van der Waals surface area contributed by atoms with E-state index in [-0.39, 0.29) is 48.0 Å². The number of hydrogen-bond donors (Lipinski definition) is 1. The highest BCUT2D eigenvalue weighted by molar-refractivity contribution is 7.09. The number of aromatic hydroxyl groups is 1. The first-order valence-electron chi connectivity index (χ1n) is 12.9. The molecule has 0 bridgehead atoms. The molecule has 8 heteroatoms. The summed E-state index contributed by atoms with van der Waals surface area (Å²) in [7, 11) is 1.47. The standard InChI is InChI=1S/C31H27NO6S/c1-16-12-25(34)23-14-22-19(8-9-21-28(22)31(37)32(30(21)36)15-18-4-3-11-39-18)20(27(23)29(16)35)7-5-17-6-10-24(33)26(13-17)38-2/h3-8,10-13,20-22,28,33H,9,14-15H2,1-2H3/t20-,21-,22+,28-/m0/s1. The molecule has 3 aliphatic carbocycles. The number of Topliss-reactive ketones (excluding diaryl/α,β-unsaturated/α-hetero) is 1. The molecule has 4 atom stereocenters. The zero-order chi connectivity index (χ0) is 27.4. The zero-order valence-electron chi connectivity index (χ0n) is 21.5. The number of phenols is 1.